The lowest BCUT2D eigenvalue weighted by Gasteiger charge is -2.16. The molecule has 1 amide bonds. The van der Waals surface area contributed by atoms with Crippen molar-refractivity contribution in [3.8, 4) is 0 Å². The fourth-order valence-corrected chi connectivity index (χ4v) is 2.29. The number of nitrogens with zero attached hydrogens (tertiary/aromatic N) is 1. The van der Waals surface area contributed by atoms with Crippen molar-refractivity contribution in [1.82, 2.24) is 10.3 Å². The van der Waals surface area contributed by atoms with Crippen molar-refractivity contribution in [1.29, 1.82) is 0 Å². The molecule has 2 aromatic rings. The Kier molecular flexibility index (Phi) is 5.61. The number of carbonyl (C=O) groups excluding carboxylic acids is 1. The summed E-state index contributed by atoms with van der Waals surface area (Å²) in [6.07, 6.45) is 3.45. The van der Waals surface area contributed by atoms with E-state index in [9.17, 15) is 9.90 Å². The molecule has 0 aliphatic carbocycles. The molecule has 0 fully saturated rings. The first-order valence-corrected chi connectivity index (χ1v) is 7.91. The van der Waals surface area contributed by atoms with Gasteiger partial charge < -0.3 is 10.4 Å². The van der Waals surface area contributed by atoms with Crippen LogP contribution in [0, 0.1) is 0 Å². The van der Waals surface area contributed by atoms with E-state index < -0.39 is 6.04 Å². The third kappa shape index (κ3) is 4.20. The molecule has 6 heteroatoms. The van der Waals surface area contributed by atoms with Gasteiger partial charge in [-0.25, -0.2) is 4.98 Å². The third-order valence-electron chi connectivity index (χ3n) is 2.97. The van der Waals surface area contributed by atoms with Gasteiger partial charge >= 0.3 is 0 Å². The average molecular weight is 323 g/mol. The summed E-state index contributed by atoms with van der Waals surface area (Å²) < 4.78 is 0. The Balaban J connectivity index is 2.10. The maximum Gasteiger partial charge on any atom is 0.253 e. The van der Waals surface area contributed by atoms with E-state index >= 15 is 0 Å². The van der Waals surface area contributed by atoms with Gasteiger partial charge in [0.15, 0.2) is 0 Å². The second-order valence-corrected chi connectivity index (χ2v) is 5.61. The molecule has 2 rings (SSSR count). The summed E-state index contributed by atoms with van der Waals surface area (Å²) in [5.74, 6) is -0.274. The van der Waals surface area contributed by atoms with Crippen LogP contribution < -0.4 is 5.32 Å². The smallest absolute Gasteiger partial charge is 0.253 e. The van der Waals surface area contributed by atoms with Crippen LogP contribution in [0.1, 0.15) is 22.0 Å². The van der Waals surface area contributed by atoms with E-state index in [2.05, 4.69) is 10.3 Å². The van der Waals surface area contributed by atoms with Gasteiger partial charge in [0.1, 0.15) is 0 Å². The SMILES string of the molecule is CSc1ccc(C(=O)NC(CO)c2ccc(Cl)cc2)cn1. The molecule has 1 unspecified atom stereocenters. The van der Waals surface area contributed by atoms with Gasteiger partial charge in [0, 0.05) is 11.2 Å². The summed E-state index contributed by atoms with van der Waals surface area (Å²) in [4.78, 5) is 16.3. The lowest BCUT2D eigenvalue weighted by Crippen LogP contribution is -2.30. The van der Waals surface area contributed by atoms with Crippen LogP contribution in [-0.4, -0.2) is 28.9 Å². The molecule has 1 heterocycles. The Labute approximate surface area is 132 Å². The zero-order valence-corrected chi connectivity index (χ0v) is 13.0. The molecule has 0 saturated heterocycles. The number of pyridine rings is 1. The maximum atomic E-state index is 12.2. The van der Waals surface area contributed by atoms with Crippen LogP contribution >= 0.6 is 23.4 Å². The number of rotatable bonds is 5. The fourth-order valence-electron chi connectivity index (χ4n) is 1.81. The average Bonchev–Trinajstić information content (AvgIpc) is 2.53. The second-order valence-electron chi connectivity index (χ2n) is 4.35. The highest BCUT2D eigenvalue weighted by Crippen LogP contribution is 2.17. The minimum Gasteiger partial charge on any atom is -0.394 e. The van der Waals surface area contributed by atoms with E-state index in [1.54, 1.807) is 36.4 Å². The van der Waals surface area contributed by atoms with Crippen LogP contribution in [-0.2, 0) is 0 Å². The van der Waals surface area contributed by atoms with Crippen molar-refractivity contribution >= 4 is 29.3 Å². The minimum atomic E-state index is -0.477. The largest absolute Gasteiger partial charge is 0.394 e. The molecule has 4 nitrogen and oxygen atoms in total. The number of halogens is 1. The van der Waals surface area contributed by atoms with Crippen LogP contribution in [0.4, 0.5) is 0 Å². The fraction of sp³-hybridized carbons (Fsp3) is 0.200. The second kappa shape index (κ2) is 7.45. The molecule has 2 N–H and O–H groups in total. The van der Waals surface area contributed by atoms with Gasteiger partial charge in [-0.15, -0.1) is 11.8 Å². The summed E-state index contributed by atoms with van der Waals surface area (Å²) >= 11 is 7.34. The number of thioether (sulfide) groups is 1. The molecule has 1 aromatic heterocycles. The number of hydrogen-bond donors (Lipinski definition) is 2. The summed E-state index contributed by atoms with van der Waals surface area (Å²) in [5, 5.41) is 13.7. The molecule has 0 saturated carbocycles. The zero-order valence-electron chi connectivity index (χ0n) is 11.4. The van der Waals surface area contributed by atoms with Gasteiger partial charge in [-0.2, -0.15) is 0 Å². The van der Waals surface area contributed by atoms with Crippen LogP contribution in [0.5, 0.6) is 0 Å². The predicted octanol–water partition coefficient (Wildman–Crippen LogP) is 2.92. The Hall–Kier alpha value is -1.56. The standard InChI is InChI=1S/C15H15ClN2O2S/c1-21-14-7-4-11(8-17-14)15(20)18-13(9-19)10-2-5-12(16)6-3-10/h2-8,13,19H,9H2,1H3,(H,18,20). The van der Waals surface area contributed by atoms with Gasteiger partial charge in [0.05, 0.1) is 23.2 Å². The van der Waals surface area contributed by atoms with Crippen LogP contribution in [0.25, 0.3) is 0 Å². The number of carbonyl (C=O) groups is 1. The number of hydrogen-bond acceptors (Lipinski definition) is 4. The first-order valence-electron chi connectivity index (χ1n) is 6.31. The Bertz CT molecular complexity index is 602. The van der Waals surface area contributed by atoms with E-state index in [4.69, 9.17) is 11.6 Å². The molecular weight excluding hydrogens is 308 g/mol. The normalized spacial score (nSPS) is 12.0. The minimum absolute atomic E-state index is 0.191. The lowest BCUT2D eigenvalue weighted by molar-refractivity contribution is 0.0915. The van der Waals surface area contributed by atoms with Crippen molar-refractivity contribution in [2.75, 3.05) is 12.9 Å². The van der Waals surface area contributed by atoms with Gasteiger partial charge in [0.2, 0.25) is 0 Å². The van der Waals surface area contributed by atoms with Crippen LogP contribution in [0.3, 0.4) is 0 Å². The molecule has 0 aliphatic rings. The summed E-state index contributed by atoms with van der Waals surface area (Å²) in [5.41, 5.74) is 1.25. The van der Waals surface area contributed by atoms with Crippen LogP contribution in [0.2, 0.25) is 5.02 Å². The number of aromatic nitrogens is 1. The van der Waals surface area contributed by atoms with E-state index in [1.807, 2.05) is 6.26 Å². The summed E-state index contributed by atoms with van der Waals surface area (Å²) in [6, 6.07) is 10.0. The highest BCUT2D eigenvalue weighted by Gasteiger charge is 2.15. The van der Waals surface area contributed by atoms with Crippen molar-refractivity contribution in [3.63, 3.8) is 0 Å². The highest BCUT2D eigenvalue weighted by molar-refractivity contribution is 7.98. The van der Waals surface area contributed by atoms with Gasteiger partial charge in [0.25, 0.3) is 5.91 Å². The third-order valence-corrected chi connectivity index (χ3v) is 3.88. The van der Waals surface area contributed by atoms with Crippen molar-refractivity contribution < 1.29 is 9.90 Å². The van der Waals surface area contributed by atoms with E-state index in [0.29, 0.717) is 10.6 Å². The van der Waals surface area contributed by atoms with Gasteiger partial charge in [-0.3, -0.25) is 4.79 Å². The summed E-state index contributed by atoms with van der Waals surface area (Å²) in [7, 11) is 0. The Morgan fingerprint density at radius 2 is 2.05 bits per heavy atom. The first kappa shape index (κ1) is 15.8. The highest BCUT2D eigenvalue weighted by atomic mass is 35.5. The zero-order chi connectivity index (χ0) is 15.2. The van der Waals surface area contributed by atoms with Crippen molar-refractivity contribution in [2.45, 2.75) is 11.1 Å². The van der Waals surface area contributed by atoms with Crippen molar-refractivity contribution in [2.24, 2.45) is 0 Å². The van der Waals surface area contributed by atoms with E-state index in [0.717, 1.165) is 10.6 Å². The Morgan fingerprint density at radius 3 is 2.57 bits per heavy atom. The first-order chi connectivity index (χ1) is 10.1. The maximum absolute atomic E-state index is 12.2. The monoisotopic (exact) mass is 322 g/mol. The molecule has 0 spiro atoms. The van der Waals surface area contributed by atoms with E-state index in [-0.39, 0.29) is 12.5 Å². The number of aliphatic hydroxyl groups excluding tert-OH is 1. The summed E-state index contributed by atoms with van der Waals surface area (Å²) in [6.45, 7) is -0.191. The molecule has 21 heavy (non-hydrogen) atoms. The Morgan fingerprint density at radius 1 is 1.33 bits per heavy atom. The molecule has 0 bridgehead atoms. The number of benzene rings is 1. The topological polar surface area (TPSA) is 62.2 Å². The molecule has 110 valence electrons. The quantitative estimate of drug-likeness (QED) is 0.831. The number of aliphatic hydroxyl groups is 1. The van der Waals surface area contributed by atoms with E-state index in [1.165, 1.54) is 18.0 Å². The van der Waals surface area contributed by atoms with Crippen LogP contribution in [0.15, 0.2) is 47.6 Å². The molecule has 1 aromatic carbocycles. The number of amides is 1. The predicted molar refractivity (Wildman–Crippen MR) is 84.8 cm³/mol. The van der Waals surface area contributed by atoms with Crippen molar-refractivity contribution in [3.05, 3.63) is 58.7 Å². The molecule has 0 aliphatic heterocycles. The molecule has 0 radical (unpaired) electrons. The lowest BCUT2D eigenvalue weighted by atomic mass is 10.1. The number of nitrogens with one attached hydrogen (secondary N) is 1. The van der Waals surface area contributed by atoms with Gasteiger partial charge in [-0.05, 0) is 36.1 Å². The molecule has 1 atom stereocenters. The van der Waals surface area contributed by atoms with Gasteiger partial charge in [-0.1, -0.05) is 23.7 Å². The molecular formula is C15H15ClN2O2S.